The largest absolute Gasteiger partial charge is 0.416 e. The number of rotatable bonds is 4. The highest BCUT2D eigenvalue weighted by Gasteiger charge is 2.37. The van der Waals surface area contributed by atoms with E-state index in [4.69, 9.17) is 11.6 Å². The summed E-state index contributed by atoms with van der Waals surface area (Å²) in [4.78, 5) is 13.2. The van der Waals surface area contributed by atoms with E-state index in [0.29, 0.717) is 41.1 Å². The second kappa shape index (κ2) is 8.72. The fourth-order valence-electron chi connectivity index (χ4n) is 4.23. The standard InChI is InChI=1S/C24H20ClF3N6/c1-15-13-33(14-29-15)20-10-8-16(30-22(20)25)9-11-21-31-23-18(6-4-12-34(23)32-21)17-5-2-3-7-19(17)24(26,27)28/h2-3,5,7-11,13-14,18H,4,6,12H2,1H3/b11-9+/t18-/m1/s1. The quantitative estimate of drug-likeness (QED) is 0.336. The van der Waals surface area contributed by atoms with E-state index in [1.54, 1.807) is 33.8 Å². The molecular formula is C24H20ClF3N6. The van der Waals surface area contributed by atoms with E-state index in [2.05, 4.69) is 20.1 Å². The van der Waals surface area contributed by atoms with Crippen molar-refractivity contribution in [2.75, 3.05) is 0 Å². The summed E-state index contributed by atoms with van der Waals surface area (Å²) in [6, 6.07) is 9.34. The molecule has 4 aromatic rings. The molecule has 3 aromatic heterocycles. The number of halogens is 4. The third-order valence-electron chi connectivity index (χ3n) is 5.78. The summed E-state index contributed by atoms with van der Waals surface area (Å²) < 4.78 is 44.3. The lowest BCUT2D eigenvalue weighted by atomic mass is 9.88. The SMILES string of the molecule is Cc1cn(-c2ccc(/C=C/c3nc4n(n3)CCC[C@@H]4c3ccccc3C(F)(F)F)nc2Cl)cn1. The first-order chi connectivity index (χ1) is 16.3. The summed E-state index contributed by atoms with van der Waals surface area (Å²) in [5.41, 5.74) is 1.79. The van der Waals surface area contributed by atoms with Crippen molar-refractivity contribution in [3.05, 3.63) is 88.2 Å². The minimum absolute atomic E-state index is 0.234. The minimum Gasteiger partial charge on any atom is -0.303 e. The Bertz CT molecular complexity index is 1370. The van der Waals surface area contributed by atoms with Crippen LogP contribution in [0, 0.1) is 6.92 Å². The molecular weight excluding hydrogens is 465 g/mol. The van der Waals surface area contributed by atoms with Crippen LogP contribution in [0.2, 0.25) is 5.15 Å². The maximum atomic E-state index is 13.6. The Morgan fingerprint density at radius 1 is 1.09 bits per heavy atom. The Morgan fingerprint density at radius 2 is 1.91 bits per heavy atom. The maximum Gasteiger partial charge on any atom is 0.416 e. The zero-order valence-electron chi connectivity index (χ0n) is 18.2. The van der Waals surface area contributed by atoms with Gasteiger partial charge in [-0.2, -0.15) is 18.3 Å². The number of aromatic nitrogens is 6. The summed E-state index contributed by atoms with van der Waals surface area (Å²) in [6.45, 7) is 2.50. The molecule has 34 heavy (non-hydrogen) atoms. The summed E-state index contributed by atoms with van der Waals surface area (Å²) in [5.74, 6) is 0.491. The van der Waals surface area contributed by atoms with E-state index in [1.165, 1.54) is 12.1 Å². The average molecular weight is 485 g/mol. The number of benzene rings is 1. The van der Waals surface area contributed by atoms with E-state index >= 15 is 0 Å². The van der Waals surface area contributed by atoms with Crippen molar-refractivity contribution in [2.45, 2.75) is 38.4 Å². The summed E-state index contributed by atoms with van der Waals surface area (Å²) in [5, 5.41) is 4.81. The Labute approximate surface area is 198 Å². The van der Waals surface area contributed by atoms with Crippen LogP contribution in [0.3, 0.4) is 0 Å². The minimum atomic E-state index is -4.42. The normalized spacial score (nSPS) is 16.2. The molecule has 6 nitrogen and oxygen atoms in total. The van der Waals surface area contributed by atoms with E-state index < -0.39 is 17.7 Å². The van der Waals surface area contributed by atoms with Crippen LogP contribution >= 0.6 is 11.6 Å². The zero-order valence-corrected chi connectivity index (χ0v) is 18.9. The molecule has 4 heterocycles. The molecule has 0 N–H and O–H groups in total. The maximum absolute atomic E-state index is 13.6. The summed E-state index contributed by atoms with van der Waals surface area (Å²) in [7, 11) is 0. The van der Waals surface area contributed by atoms with Gasteiger partial charge in [-0.25, -0.2) is 19.6 Å². The smallest absolute Gasteiger partial charge is 0.303 e. The van der Waals surface area contributed by atoms with Gasteiger partial charge in [-0.1, -0.05) is 29.8 Å². The first kappa shape index (κ1) is 22.3. The molecule has 1 aromatic carbocycles. The first-order valence-corrected chi connectivity index (χ1v) is 11.1. The molecule has 5 rings (SSSR count). The van der Waals surface area contributed by atoms with Gasteiger partial charge in [0.1, 0.15) is 5.82 Å². The number of fused-ring (bicyclic) bond motifs is 1. The highest BCUT2D eigenvalue weighted by atomic mass is 35.5. The summed E-state index contributed by atoms with van der Waals surface area (Å²) in [6.07, 6.45) is 3.83. The molecule has 0 bridgehead atoms. The third-order valence-corrected chi connectivity index (χ3v) is 6.05. The summed E-state index contributed by atoms with van der Waals surface area (Å²) >= 11 is 6.36. The van der Waals surface area contributed by atoms with Crippen LogP contribution in [0.5, 0.6) is 0 Å². The van der Waals surface area contributed by atoms with Crippen LogP contribution < -0.4 is 0 Å². The lowest BCUT2D eigenvalue weighted by Gasteiger charge is -2.25. The number of pyridine rings is 1. The Kier molecular flexibility index (Phi) is 5.73. The fraction of sp³-hybridized carbons (Fsp3) is 0.250. The van der Waals surface area contributed by atoms with Crippen molar-refractivity contribution in [3.63, 3.8) is 0 Å². The van der Waals surface area contributed by atoms with Crippen LogP contribution in [-0.2, 0) is 12.7 Å². The van der Waals surface area contributed by atoms with Gasteiger partial charge in [-0.15, -0.1) is 0 Å². The zero-order chi connectivity index (χ0) is 23.9. The molecule has 0 saturated heterocycles. The molecule has 0 spiro atoms. The van der Waals surface area contributed by atoms with Gasteiger partial charge in [0.05, 0.1) is 29.0 Å². The second-order valence-electron chi connectivity index (χ2n) is 8.13. The first-order valence-electron chi connectivity index (χ1n) is 10.8. The number of hydrogen-bond acceptors (Lipinski definition) is 4. The van der Waals surface area contributed by atoms with Gasteiger partial charge in [0.15, 0.2) is 11.0 Å². The van der Waals surface area contributed by atoms with Crippen molar-refractivity contribution >= 4 is 23.8 Å². The highest BCUT2D eigenvalue weighted by Crippen LogP contribution is 2.40. The third kappa shape index (κ3) is 4.35. The molecule has 10 heteroatoms. The van der Waals surface area contributed by atoms with Crippen LogP contribution in [-0.4, -0.2) is 29.3 Å². The van der Waals surface area contributed by atoms with Gasteiger partial charge >= 0.3 is 6.18 Å². The second-order valence-corrected chi connectivity index (χ2v) is 8.49. The van der Waals surface area contributed by atoms with E-state index in [1.807, 2.05) is 25.3 Å². The Hall–Kier alpha value is -3.46. The number of aryl methyl sites for hydroxylation is 2. The molecule has 174 valence electrons. The van der Waals surface area contributed by atoms with Crippen LogP contribution in [0.4, 0.5) is 13.2 Å². The van der Waals surface area contributed by atoms with E-state index in [9.17, 15) is 13.2 Å². The Balaban J connectivity index is 1.42. The molecule has 0 fully saturated rings. The molecule has 1 aliphatic rings. The van der Waals surface area contributed by atoms with Gasteiger partial charge in [0.2, 0.25) is 0 Å². The Morgan fingerprint density at radius 3 is 2.65 bits per heavy atom. The van der Waals surface area contributed by atoms with Crippen molar-refractivity contribution in [3.8, 4) is 5.69 Å². The van der Waals surface area contributed by atoms with Gasteiger partial charge < -0.3 is 4.57 Å². The highest BCUT2D eigenvalue weighted by molar-refractivity contribution is 6.31. The molecule has 0 radical (unpaired) electrons. The van der Waals surface area contributed by atoms with Gasteiger partial charge in [-0.3, -0.25) is 0 Å². The monoisotopic (exact) mass is 484 g/mol. The van der Waals surface area contributed by atoms with Gasteiger partial charge in [0, 0.05) is 18.7 Å². The molecule has 1 atom stereocenters. The lowest BCUT2D eigenvalue weighted by molar-refractivity contribution is -0.138. The molecule has 0 amide bonds. The van der Waals surface area contributed by atoms with E-state index in [0.717, 1.165) is 18.2 Å². The van der Waals surface area contributed by atoms with Crippen molar-refractivity contribution in [1.82, 2.24) is 29.3 Å². The van der Waals surface area contributed by atoms with E-state index in [-0.39, 0.29) is 5.56 Å². The van der Waals surface area contributed by atoms with Crippen molar-refractivity contribution in [1.29, 1.82) is 0 Å². The predicted octanol–water partition coefficient (Wildman–Crippen LogP) is 5.94. The van der Waals surface area contributed by atoms with Crippen LogP contribution in [0.25, 0.3) is 17.8 Å². The topological polar surface area (TPSA) is 61.4 Å². The van der Waals surface area contributed by atoms with Gasteiger partial charge in [0.25, 0.3) is 0 Å². The lowest BCUT2D eigenvalue weighted by Crippen LogP contribution is -2.21. The van der Waals surface area contributed by atoms with Crippen molar-refractivity contribution in [2.24, 2.45) is 0 Å². The number of hydrogen-bond donors (Lipinski definition) is 0. The average Bonchev–Trinajstić information content (AvgIpc) is 3.43. The number of alkyl halides is 3. The molecule has 0 unspecified atom stereocenters. The number of nitrogens with zero attached hydrogens (tertiary/aromatic N) is 6. The number of imidazole rings is 1. The fourth-order valence-corrected chi connectivity index (χ4v) is 4.49. The van der Waals surface area contributed by atoms with Gasteiger partial charge in [-0.05, 0) is 55.7 Å². The van der Waals surface area contributed by atoms with Crippen LogP contribution in [0.1, 0.15) is 52.9 Å². The van der Waals surface area contributed by atoms with Crippen molar-refractivity contribution < 1.29 is 13.2 Å². The van der Waals surface area contributed by atoms with Crippen LogP contribution in [0.15, 0.2) is 48.9 Å². The molecule has 1 aliphatic heterocycles. The molecule has 0 aliphatic carbocycles. The predicted molar refractivity (Wildman–Crippen MR) is 123 cm³/mol. The molecule has 0 saturated carbocycles.